The van der Waals surface area contributed by atoms with Crippen LogP contribution in [0.25, 0.3) is 5.57 Å². The second-order valence-corrected chi connectivity index (χ2v) is 8.37. The second kappa shape index (κ2) is 17.6. The molecule has 0 bridgehead atoms. The minimum Gasteiger partial charge on any atom is -0.508 e. The largest absolute Gasteiger partial charge is 0.508 e. The summed E-state index contributed by atoms with van der Waals surface area (Å²) >= 11 is 0. The molecule has 0 saturated carbocycles. The van der Waals surface area contributed by atoms with Crippen molar-refractivity contribution in [1.29, 1.82) is 0 Å². The van der Waals surface area contributed by atoms with E-state index in [2.05, 4.69) is 44.0 Å². The van der Waals surface area contributed by atoms with Gasteiger partial charge in [0.15, 0.2) is 0 Å². The predicted molar refractivity (Wildman–Crippen MR) is 142 cm³/mol. The Hall–Kier alpha value is -2.83. The van der Waals surface area contributed by atoms with Crippen LogP contribution in [0.4, 0.5) is 0 Å². The highest BCUT2D eigenvalue weighted by molar-refractivity contribution is 5.86. The molecule has 2 rings (SSSR count). The quantitative estimate of drug-likeness (QED) is 0.332. The molecule has 1 fully saturated rings. The van der Waals surface area contributed by atoms with Gasteiger partial charge in [0.25, 0.3) is 0 Å². The third kappa shape index (κ3) is 12.4. The van der Waals surface area contributed by atoms with Gasteiger partial charge in [-0.05, 0) is 38.3 Å². The predicted octanol–water partition coefficient (Wildman–Crippen LogP) is 4.98. The first kappa shape index (κ1) is 31.2. The van der Waals surface area contributed by atoms with Crippen molar-refractivity contribution in [3.05, 3.63) is 78.2 Å². The molecule has 1 aliphatic rings. The van der Waals surface area contributed by atoms with Crippen LogP contribution in [0.1, 0.15) is 59.4 Å². The Labute approximate surface area is 206 Å². The van der Waals surface area contributed by atoms with Gasteiger partial charge in [0.1, 0.15) is 11.9 Å². The first-order valence-corrected chi connectivity index (χ1v) is 11.9. The van der Waals surface area contributed by atoms with Gasteiger partial charge in [0, 0.05) is 32.3 Å². The average Bonchev–Trinajstić information content (AvgIpc) is 2.81. The zero-order chi connectivity index (χ0) is 26.1. The van der Waals surface area contributed by atoms with Crippen LogP contribution in [0.15, 0.2) is 72.7 Å². The highest BCUT2D eigenvalue weighted by atomic mass is 16.3. The van der Waals surface area contributed by atoms with Gasteiger partial charge in [-0.15, -0.1) is 0 Å². The van der Waals surface area contributed by atoms with E-state index in [1.54, 1.807) is 24.8 Å². The molecular weight excluding hydrogens is 428 g/mol. The third-order valence-corrected chi connectivity index (χ3v) is 5.05. The summed E-state index contributed by atoms with van der Waals surface area (Å²) in [6.45, 7) is 13.6. The lowest BCUT2D eigenvalue weighted by atomic mass is 9.92. The minimum absolute atomic E-state index is 0.137. The maximum Gasteiger partial charge on any atom is 0.226 e. The van der Waals surface area contributed by atoms with Gasteiger partial charge in [-0.2, -0.15) is 0 Å². The van der Waals surface area contributed by atoms with E-state index < -0.39 is 12.2 Å². The topological polar surface area (TPSA) is 93.0 Å². The Kier molecular flexibility index (Phi) is 16.2. The normalized spacial score (nSPS) is 18.1. The lowest BCUT2D eigenvalue weighted by Crippen LogP contribution is -2.32. The Morgan fingerprint density at radius 2 is 1.76 bits per heavy atom. The molecule has 1 aromatic rings. The number of hydrogen-bond acceptors (Lipinski definition) is 5. The van der Waals surface area contributed by atoms with Crippen LogP contribution >= 0.6 is 0 Å². The van der Waals surface area contributed by atoms with Crippen LogP contribution in [-0.4, -0.2) is 58.0 Å². The molecule has 4 N–H and O–H groups in total. The van der Waals surface area contributed by atoms with E-state index in [0.29, 0.717) is 6.42 Å². The third-order valence-electron chi connectivity index (χ3n) is 5.05. The van der Waals surface area contributed by atoms with Crippen molar-refractivity contribution in [1.82, 2.24) is 10.2 Å². The van der Waals surface area contributed by atoms with Crippen molar-refractivity contribution in [2.75, 3.05) is 13.6 Å². The summed E-state index contributed by atoms with van der Waals surface area (Å²) < 4.78 is 0. The Morgan fingerprint density at radius 3 is 2.24 bits per heavy atom. The number of aliphatic hydroxyl groups excluding tert-OH is 3. The fraction of sp³-hybridized carbons (Fsp3) is 0.464. The minimum atomic E-state index is -0.876. The molecule has 6 nitrogen and oxygen atoms in total. The van der Waals surface area contributed by atoms with Crippen molar-refractivity contribution >= 4 is 11.5 Å². The molecule has 1 aliphatic heterocycles. The van der Waals surface area contributed by atoms with Crippen molar-refractivity contribution in [3.63, 3.8) is 0 Å². The molecule has 190 valence electrons. The van der Waals surface area contributed by atoms with E-state index in [1.807, 2.05) is 31.3 Å². The molecule has 1 aromatic carbocycles. The number of allylic oxidation sites excluding steroid dienone is 4. The molecule has 1 amide bonds. The van der Waals surface area contributed by atoms with Crippen molar-refractivity contribution in [3.8, 4) is 0 Å². The molecule has 0 radical (unpaired) electrons. The zero-order valence-electron chi connectivity index (χ0n) is 21.7. The summed E-state index contributed by atoms with van der Waals surface area (Å²) in [7, 11) is 1.86. The second-order valence-electron chi connectivity index (χ2n) is 8.37. The number of rotatable bonds is 7. The van der Waals surface area contributed by atoms with Crippen LogP contribution in [-0.2, 0) is 4.79 Å². The number of piperidine rings is 1. The molecule has 34 heavy (non-hydrogen) atoms. The highest BCUT2D eigenvalue weighted by Gasteiger charge is 2.20. The van der Waals surface area contributed by atoms with Crippen LogP contribution in [0.3, 0.4) is 0 Å². The fourth-order valence-corrected chi connectivity index (χ4v) is 2.74. The lowest BCUT2D eigenvalue weighted by molar-refractivity contribution is -0.130. The van der Waals surface area contributed by atoms with Crippen molar-refractivity contribution in [2.24, 2.45) is 0 Å². The first-order chi connectivity index (χ1) is 16.1. The number of nitrogens with zero attached hydrogens (tertiary/aromatic N) is 1. The molecular formula is C28H44N2O4. The Balaban J connectivity index is 0.000000626. The number of nitrogens with one attached hydrogen (secondary N) is 1. The number of carbonyl (C=O) groups excluding carboxylic acids is 1. The van der Waals surface area contributed by atoms with E-state index in [1.165, 1.54) is 25.1 Å². The van der Waals surface area contributed by atoms with E-state index in [0.717, 1.165) is 24.1 Å². The summed E-state index contributed by atoms with van der Waals surface area (Å²) in [5.74, 6) is 0.0594. The lowest BCUT2D eigenvalue weighted by Gasteiger charge is -2.26. The smallest absolute Gasteiger partial charge is 0.226 e. The van der Waals surface area contributed by atoms with Gasteiger partial charge in [-0.1, -0.05) is 81.0 Å². The summed E-state index contributed by atoms with van der Waals surface area (Å²) in [4.78, 5) is 13.7. The maximum absolute atomic E-state index is 11.9. The fourth-order valence-electron chi connectivity index (χ4n) is 2.74. The van der Waals surface area contributed by atoms with Gasteiger partial charge in [-0.3, -0.25) is 4.79 Å². The van der Waals surface area contributed by atoms with Crippen LogP contribution in [0.5, 0.6) is 0 Å². The van der Waals surface area contributed by atoms with E-state index in [9.17, 15) is 4.79 Å². The summed E-state index contributed by atoms with van der Waals surface area (Å²) in [6.07, 6.45) is 8.37. The molecule has 6 heteroatoms. The van der Waals surface area contributed by atoms with Crippen molar-refractivity contribution < 1.29 is 20.1 Å². The Morgan fingerprint density at radius 1 is 1.18 bits per heavy atom. The number of likely N-dealkylation sites (tertiary alicyclic amines) is 1. The van der Waals surface area contributed by atoms with Gasteiger partial charge in [-0.25, -0.2) is 0 Å². The summed E-state index contributed by atoms with van der Waals surface area (Å²) in [5.41, 5.74) is 3.53. The van der Waals surface area contributed by atoms with Crippen LogP contribution in [0.2, 0.25) is 0 Å². The molecule has 3 unspecified atom stereocenters. The van der Waals surface area contributed by atoms with Crippen LogP contribution < -0.4 is 5.32 Å². The zero-order valence-corrected chi connectivity index (χ0v) is 21.7. The number of carbonyl (C=O) groups is 1. The van der Waals surface area contributed by atoms with E-state index >= 15 is 0 Å². The number of aliphatic hydroxyl groups is 3. The van der Waals surface area contributed by atoms with E-state index in [4.69, 9.17) is 15.3 Å². The van der Waals surface area contributed by atoms with Gasteiger partial charge in [0.2, 0.25) is 5.91 Å². The molecule has 0 spiro atoms. The summed E-state index contributed by atoms with van der Waals surface area (Å²) in [6, 6.07) is 10.1. The van der Waals surface area contributed by atoms with Gasteiger partial charge in [0.05, 0.1) is 6.10 Å². The van der Waals surface area contributed by atoms with Crippen molar-refractivity contribution in [2.45, 2.75) is 72.1 Å². The standard InChI is InChI=1S/C17H19NO.C8H17NO3.C3H8/c1-3-4-10-16(14-8-6-5-7-9-14)15-11-12-18(2)17(19)13-15;1-5(6(2)10)9-4-8(12)7(3)11;1-3-2/h3-10H,1,11-13H2,2H3;4-7,9-12H,1-3H3;3H2,1-2H3/b10-4-,16-15+;8-4+;. The average molecular weight is 473 g/mol. The van der Waals surface area contributed by atoms with Gasteiger partial charge < -0.3 is 25.5 Å². The van der Waals surface area contributed by atoms with Crippen LogP contribution in [0, 0.1) is 0 Å². The summed E-state index contributed by atoms with van der Waals surface area (Å²) in [5, 5.41) is 29.7. The maximum atomic E-state index is 11.9. The molecule has 3 atom stereocenters. The number of benzene rings is 1. The number of hydrogen-bond donors (Lipinski definition) is 4. The monoisotopic (exact) mass is 472 g/mol. The first-order valence-electron chi connectivity index (χ1n) is 11.9. The van der Waals surface area contributed by atoms with Gasteiger partial charge >= 0.3 is 0 Å². The molecule has 0 aliphatic carbocycles. The molecule has 1 saturated heterocycles. The molecule has 1 heterocycles. The Bertz CT molecular complexity index is 811. The SMILES string of the molecule is C=C/C=C\C(=C1\CCN(C)C(=O)C1)c1ccccc1.CC(O)/C(O)=C\NC(C)C(C)O.CCC. The van der Waals surface area contributed by atoms with E-state index in [-0.39, 0.29) is 17.7 Å². The number of amides is 1. The molecule has 0 aromatic heterocycles. The highest BCUT2D eigenvalue weighted by Crippen LogP contribution is 2.28.